The van der Waals surface area contributed by atoms with Crippen LogP contribution in [0.1, 0.15) is 31.5 Å². The van der Waals surface area contributed by atoms with Gasteiger partial charge in [-0.2, -0.15) is 0 Å². The number of benzene rings is 1. The molecule has 1 amide bonds. The highest BCUT2D eigenvalue weighted by molar-refractivity contribution is 6.31. The fourth-order valence-corrected chi connectivity index (χ4v) is 4.45. The standard InChI is InChI=1S/C19H25ClN4O/c1-23(19(25)7-9-24-12-13-2-4-15(24)10-13)8-6-18-21-16-5-3-14(20)11-17(16)22-18/h3,5,11,13,15H,2,4,6-10,12H2,1H3,(H,21,22)/t13-,15+/m1/s1. The monoisotopic (exact) mass is 360 g/mol. The molecule has 0 unspecified atom stereocenters. The lowest BCUT2D eigenvalue weighted by Crippen LogP contribution is -2.37. The molecule has 2 atom stereocenters. The summed E-state index contributed by atoms with van der Waals surface area (Å²) in [7, 11) is 1.89. The van der Waals surface area contributed by atoms with E-state index in [4.69, 9.17) is 11.6 Å². The van der Waals surface area contributed by atoms with E-state index in [2.05, 4.69) is 14.9 Å². The van der Waals surface area contributed by atoms with Crippen LogP contribution in [0.3, 0.4) is 0 Å². The molecule has 25 heavy (non-hydrogen) atoms. The number of carbonyl (C=O) groups is 1. The number of nitrogens with one attached hydrogen (secondary N) is 1. The van der Waals surface area contributed by atoms with Crippen molar-refractivity contribution in [2.45, 2.75) is 38.1 Å². The van der Waals surface area contributed by atoms with Crippen molar-refractivity contribution >= 4 is 28.5 Å². The van der Waals surface area contributed by atoms with Crippen molar-refractivity contribution in [1.82, 2.24) is 19.8 Å². The van der Waals surface area contributed by atoms with Crippen LogP contribution in [0.2, 0.25) is 5.02 Å². The molecule has 4 rings (SSSR count). The Balaban J connectivity index is 1.26. The molecule has 6 heteroatoms. The van der Waals surface area contributed by atoms with Gasteiger partial charge in [0.1, 0.15) is 5.82 Å². The SMILES string of the molecule is CN(CCc1nc2ccc(Cl)cc2[nH]1)C(=O)CCN1C[C@@H]2CC[C@H]1C2. The van der Waals surface area contributed by atoms with E-state index in [-0.39, 0.29) is 5.91 Å². The number of halogens is 1. The fourth-order valence-electron chi connectivity index (χ4n) is 4.28. The third-order valence-corrected chi connectivity index (χ3v) is 5.97. The fraction of sp³-hybridized carbons (Fsp3) is 0.579. The molecule has 2 heterocycles. The molecule has 2 aromatic rings. The lowest BCUT2D eigenvalue weighted by molar-refractivity contribution is -0.130. The van der Waals surface area contributed by atoms with Crippen LogP contribution in [0.15, 0.2) is 18.2 Å². The van der Waals surface area contributed by atoms with E-state index in [0.29, 0.717) is 18.0 Å². The Morgan fingerprint density at radius 2 is 2.32 bits per heavy atom. The average Bonchev–Trinajstić information content (AvgIpc) is 3.31. The lowest BCUT2D eigenvalue weighted by atomic mass is 10.1. The number of rotatable bonds is 6. The van der Waals surface area contributed by atoms with Crippen LogP contribution >= 0.6 is 11.6 Å². The van der Waals surface area contributed by atoms with Crippen LogP contribution in [0.25, 0.3) is 11.0 Å². The van der Waals surface area contributed by atoms with Gasteiger partial charge in [-0.15, -0.1) is 0 Å². The summed E-state index contributed by atoms with van der Waals surface area (Å²) >= 11 is 6.00. The minimum atomic E-state index is 0.224. The van der Waals surface area contributed by atoms with Crippen molar-refractivity contribution in [1.29, 1.82) is 0 Å². The van der Waals surface area contributed by atoms with Crippen LogP contribution in [0, 0.1) is 5.92 Å². The number of H-pyrrole nitrogens is 1. The first-order valence-electron chi connectivity index (χ1n) is 9.20. The Morgan fingerprint density at radius 1 is 1.44 bits per heavy atom. The van der Waals surface area contributed by atoms with Gasteiger partial charge in [-0.3, -0.25) is 9.69 Å². The van der Waals surface area contributed by atoms with Crippen molar-refractivity contribution in [3.05, 3.63) is 29.0 Å². The highest BCUT2D eigenvalue weighted by atomic mass is 35.5. The smallest absolute Gasteiger partial charge is 0.223 e. The van der Waals surface area contributed by atoms with Gasteiger partial charge in [0, 0.05) is 50.6 Å². The first kappa shape index (κ1) is 16.9. The second-order valence-electron chi connectivity index (χ2n) is 7.49. The van der Waals surface area contributed by atoms with Gasteiger partial charge in [0.25, 0.3) is 0 Å². The molecule has 1 saturated heterocycles. The zero-order chi connectivity index (χ0) is 17.4. The molecule has 1 aromatic heterocycles. The number of hydrogen-bond donors (Lipinski definition) is 1. The molecule has 1 aliphatic carbocycles. The Hall–Kier alpha value is -1.59. The zero-order valence-electron chi connectivity index (χ0n) is 14.7. The second-order valence-corrected chi connectivity index (χ2v) is 7.92. The summed E-state index contributed by atoms with van der Waals surface area (Å²) in [5.41, 5.74) is 1.86. The summed E-state index contributed by atoms with van der Waals surface area (Å²) in [6, 6.07) is 6.38. The maximum Gasteiger partial charge on any atom is 0.223 e. The number of piperidine rings is 1. The first-order valence-corrected chi connectivity index (χ1v) is 9.58. The number of imidazole rings is 1. The van der Waals surface area contributed by atoms with Gasteiger partial charge in [-0.1, -0.05) is 11.6 Å². The van der Waals surface area contributed by atoms with Crippen molar-refractivity contribution in [3.8, 4) is 0 Å². The number of likely N-dealkylation sites (N-methyl/N-ethyl adjacent to an activating group) is 1. The maximum atomic E-state index is 12.4. The maximum absolute atomic E-state index is 12.4. The van der Waals surface area contributed by atoms with E-state index in [0.717, 1.165) is 41.8 Å². The summed E-state index contributed by atoms with van der Waals surface area (Å²) < 4.78 is 0. The number of aromatic nitrogens is 2. The zero-order valence-corrected chi connectivity index (χ0v) is 15.4. The molecule has 0 spiro atoms. The molecule has 1 aromatic carbocycles. The van der Waals surface area contributed by atoms with E-state index < -0.39 is 0 Å². The summed E-state index contributed by atoms with van der Waals surface area (Å²) in [5, 5.41) is 0.700. The predicted octanol–water partition coefficient (Wildman–Crippen LogP) is 3.09. The van der Waals surface area contributed by atoms with Gasteiger partial charge in [0.05, 0.1) is 11.0 Å². The molecule has 1 aliphatic heterocycles. The highest BCUT2D eigenvalue weighted by Crippen LogP contribution is 2.37. The summed E-state index contributed by atoms with van der Waals surface area (Å²) in [6.45, 7) is 2.79. The van der Waals surface area contributed by atoms with Crippen LogP contribution < -0.4 is 0 Å². The molecular weight excluding hydrogens is 336 g/mol. The predicted molar refractivity (Wildman–Crippen MR) is 99.8 cm³/mol. The Bertz CT molecular complexity index is 774. The minimum Gasteiger partial charge on any atom is -0.345 e. The highest BCUT2D eigenvalue weighted by Gasteiger charge is 2.37. The van der Waals surface area contributed by atoms with Gasteiger partial charge in [0.15, 0.2) is 0 Å². The van der Waals surface area contributed by atoms with Gasteiger partial charge < -0.3 is 9.88 Å². The molecule has 2 bridgehead atoms. The number of carbonyl (C=O) groups excluding carboxylic acids is 1. The van der Waals surface area contributed by atoms with Crippen molar-refractivity contribution in [2.24, 2.45) is 5.92 Å². The first-order chi connectivity index (χ1) is 12.1. The molecule has 5 nitrogen and oxygen atoms in total. The third-order valence-electron chi connectivity index (χ3n) is 5.74. The number of aromatic amines is 1. The van der Waals surface area contributed by atoms with E-state index in [1.165, 1.54) is 25.8 Å². The molecule has 1 N–H and O–H groups in total. The molecule has 2 fully saturated rings. The van der Waals surface area contributed by atoms with E-state index in [9.17, 15) is 4.79 Å². The normalized spacial score (nSPS) is 22.8. The van der Waals surface area contributed by atoms with Crippen LogP contribution in [0.4, 0.5) is 0 Å². The van der Waals surface area contributed by atoms with E-state index >= 15 is 0 Å². The lowest BCUT2D eigenvalue weighted by Gasteiger charge is -2.27. The van der Waals surface area contributed by atoms with Crippen LogP contribution in [-0.4, -0.2) is 58.4 Å². The molecule has 1 saturated carbocycles. The summed E-state index contributed by atoms with van der Waals surface area (Å²) in [4.78, 5) is 24.6. The number of amides is 1. The molecule has 134 valence electrons. The summed E-state index contributed by atoms with van der Waals surface area (Å²) in [5.74, 6) is 2.01. The Kier molecular flexibility index (Phi) is 4.69. The average molecular weight is 361 g/mol. The quantitative estimate of drug-likeness (QED) is 0.861. The van der Waals surface area contributed by atoms with Gasteiger partial charge in [0.2, 0.25) is 5.91 Å². The number of nitrogens with zero attached hydrogens (tertiary/aromatic N) is 3. The van der Waals surface area contributed by atoms with Gasteiger partial charge >= 0.3 is 0 Å². The number of fused-ring (bicyclic) bond motifs is 3. The second kappa shape index (κ2) is 6.96. The van der Waals surface area contributed by atoms with Gasteiger partial charge in [-0.05, 0) is 43.4 Å². The van der Waals surface area contributed by atoms with Crippen LogP contribution in [0.5, 0.6) is 0 Å². The van der Waals surface area contributed by atoms with Crippen molar-refractivity contribution in [2.75, 3.05) is 26.7 Å². The van der Waals surface area contributed by atoms with Crippen LogP contribution in [-0.2, 0) is 11.2 Å². The number of likely N-dealkylation sites (tertiary alicyclic amines) is 1. The van der Waals surface area contributed by atoms with Gasteiger partial charge in [-0.25, -0.2) is 4.98 Å². The summed E-state index contributed by atoms with van der Waals surface area (Å²) in [6.07, 6.45) is 5.40. The molecule has 0 radical (unpaired) electrons. The minimum absolute atomic E-state index is 0.224. The van der Waals surface area contributed by atoms with E-state index in [1.54, 1.807) is 0 Å². The largest absolute Gasteiger partial charge is 0.345 e. The number of hydrogen-bond acceptors (Lipinski definition) is 3. The Morgan fingerprint density at radius 3 is 3.08 bits per heavy atom. The van der Waals surface area contributed by atoms with Crippen molar-refractivity contribution < 1.29 is 4.79 Å². The molecular formula is C19H25ClN4O. The molecule has 2 aliphatic rings. The third kappa shape index (κ3) is 3.67. The topological polar surface area (TPSA) is 52.2 Å². The van der Waals surface area contributed by atoms with E-state index in [1.807, 2.05) is 30.1 Å². The Labute approximate surface area is 153 Å². The van der Waals surface area contributed by atoms with Crippen molar-refractivity contribution in [3.63, 3.8) is 0 Å².